The number of rotatable bonds is 5. The molecule has 1 unspecified atom stereocenters. The lowest BCUT2D eigenvalue weighted by Gasteiger charge is -2.26. The van der Waals surface area contributed by atoms with Crippen LogP contribution in [-0.4, -0.2) is 40.5 Å². The molecule has 20 heavy (non-hydrogen) atoms. The summed E-state index contributed by atoms with van der Waals surface area (Å²) in [5.41, 5.74) is 0.922. The molecular formula is C14H23N3O2S. The molecule has 1 aromatic rings. The van der Waals surface area contributed by atoms with E-state index in [1.54, 1.807) is 13.3 Å². The summed E-state index contributed by atoms with van der Waals surface area (Å²) in [6, 6.07) is 3.60. The van der Waals surface area contributed by atoms with Crippen LogP contribution in [0.4, 0.5) is 0 Å². The third-order valence-electron chi connectivity index (χ3n) is 2.53. The fraction of sp³-hybridized carbons (Fsp3) is 0.571. The molecule has 1 heterocycles. The molecule has 1 rings (SSSR count). The molecule has 5 nitrogen and oxygen atoms in total. The van der Waals surface area contributed by atoms with Crippen molar-refractivity contribution in [2.24, 2.45) is 0 Å². The third kappa shape index (κ3) is 6.16. The second-order valence-corrected chi connectivity index (χ2v) is 6.05. The van der Waals surface area contributed by atoms with Gasteiger partial charge in [-0.25, -0.2) is 4.98 Å². The van der Waals surface area contributed by atoms with E-state index in [1.807, 2.05) is 32.9 Å². The summed E-state index contributed by atoms with van der Waals surface area (Å²) in [7, 11) is 1.58. The number of hydrogen-bond donors (Lipinski definition) is 3. The first-order valence-electron chi connectivity index (χ1n) is 6.52. The molecule has 0 aromatic carbocycles. The van der Waals surface area contributed by atoms with Gasteiger partial charge in [-0.05, 0) is 51.0 Å². The first-order chi connectivity index (χ1) is 9.34. The van der Waals surface area contributed by atoms with Gasteiger partial charge < -0.3 is 20.5 Å². The molecule has 0 spiro atoms. The van der Waals surface area contributed by atoms with E-state index in [0.29, 0.717) is 17.4 Å². The van der Waals surface area contributed by atoms with E-state index >= 15 is 0 Å². The number of aromatic nitrogens is 1. The lowest BCUT2D eigenvalue weighted by atomic mass is 10.1. The van der Waals surface area contributed by atoms with Crippen LogP contribution < -0.4 is 15.4 Å². The number of methoxy groups -OCH3 is 1. The summed E-state index contributed by atoms with van der Waals surface area (Å²) < 4.78 is 5.08. The van der Waals surface area contributed by atoms with Crippen molar-refractivity contribution in [1.82, 2.24) is 15.6 Å². The SMILES string of the molecule is COc1cc(CC(CO)NC(=S)NC(C)(C)C)ccn1. The maximum Gasteiger partial charge on any atom is 0.213 e. The monoisotopic (exact) mass is 297 g/mol. The van der Waals surface area contributed by atoms with Crippen molar-refractivity contribution >= 4 is 17.3 Å². The molecule has 0 fully saturated rings. The lowest BCUT2D eigenvalue weighted by molar-refractivity contribution is 0.254. The normalized spacial score (nSPS) is 12.7. The molecule has 0 bridgehead atoms. The largest absolute Gasteiger partial charge is 0.481 e. The van der Waals surface area contributed by atoms with Gasteiger partial charge in [0.15, 0.2) is 5.11 Å². The Labute approximate surface area is 125 Å². The molecule has 6 heteroatoms. The maximum atomic E-state index is 9.46. The van der Waals surface area contributed by atoms with Gasteiger partial charge in [-0.15, -0.1) is 0 Å². The summed E-state index contributed by atoms with van der Waals surface area (Å²) in [5, 5.41) is 16.3. The smallest absolute Gasteiger partial charge is 0.213 e. The maximum absolute atomic E-state index is 9.46. The van der Waals surface area contributed by atoms with E-state index in [9.17, 15) is 5.11 Å². The Morgan fingerprint density at radius 2 is 2.20 bits per heavy atom. The van der Waals surface area contributed by atoms with E-state index in [4.69, 9.17) is 17.0 Å². The van der Waals surface area contributed by atoms with Crippen LogP contribution >= 0.6 is 12.2 Å². The quantitative estimate of drug-likeness (QED) is 0.711. The number of nitrogens with zero attached hydrogens (tertiary/aromatic N) is 1. The highest BCUT2D eigenvalue weighted by atomic mass is 32.1. The molecule has 0 aliphatic carbocycles. The molecule has 0 saturated heterocycles. The number of pyridine rings is 1. The van der Waals surface area contributed by atoms with Crippen molar-refractivity contribution in [1.29, 1.82) is 0 Å². The van der Waals surface area contributed by atoms with Crippen LogP contribution in [0, 0.1) is 0 Å². The molecule has 112 valence electrons. The molecule has 3 N–H and O–H groups in total. The number of aliphatic hydroxyl groups is 1. The minimum atomic E-state index is -0.149. The second kappa shape index (κ2) is 7.40. The molecule has 0 amide bonds. The van der Waals surface area contributed by atoms with E-state index in [2.05, 4.69) is 15.6 Å². The number of aliphatic hydroxyl groups excluding tert-OH is 1. The van der Waals surface area contributed by atoms with Crippen LogP contribution in [0.5, 0.6) is 5.88 Å². The standard InChI is InChI=1S/C14H23N3O2S/c1-14(2,3)17-13(20)16-11(9-18)7-10-5-6-15-12(8-10)19-4/h5-6,8,11,18H,7,9H2,1-4H3,(H2,16,17,20). The summed E-state index contributed by atoms with van der Waals surface area (Å²) in [5.74, 6) is 0.564. The van der Waals surface area contributed by atoms with Crippen molar-refractivity contribution in [2.45, 2.75) is 38.8 Å². The Balaban J connectivity index is 2.60. The minimum Gasteiger partial charge on any atom is -0.481 e. The van der Waals surface area contributed by atoms with E-state index in [0.717, 1.165) is 5.56 Å². The lowest BCUT2D eigenvalue weighted by Crippen LogP contribution is -2.50. The fourth-order valence-electron chi connectivity index (χ4n) is 1.70. The van der Waals surface area contributed by atoms with Gasteiger partial charge in [0, 0.05) is 17.8 Å². The first-order valence-corrected chi connectivity index (χ1v) is 6.93. The van der Waals surface area contributed by atoms with Gasteiger partial charge in [0.25, 0.3) is 0 Å². The average Bonchev–Trinajstić information content (AvgIpc) is 2.36. The summed E-state index contributed by atoms with van der Waals surface area (Å²) in [4.78, 5) is 4.06. The van der Waals surface area contributed by atoms with Crippen molar-refractivity contribution in [3.05, 3.63) is 23.9 Å². The summed E-state index contributed by atoms with van der Waals surface area (Å²) in [6.45, 7) is 6.09. The molecule has 0 aliphatic heterocycles. The van der Waals surface area contributed by atoms with Gasteiger partial charge >= 0.3 is 0 Å². The van der Waals surface area contributed by atoms with E-state index in [1.165, 1.54) is 0 Å². The van der Waals surface area contributed by atoms with E-state index < -0.39 is 0 Å². The van der Waals surface area contributed by atoms with Crippen LogP contribution in [0.15, 0.2) is 18.3 Å². The highest BCUT2D eigenvalue weighted by Gasteiger charge is 2.15. The van der Waals surface area contributed by atoms with E-state index in [-0.39, 0.29) is 18.2 Å². The van der Waals surface area contributed by atoms with Gasteiger partial charge in [0.2, 0.25) is 5.88 Å². The third-order valence-corrected chi connectivity index (χ3v) is 2.75. The van der Waals surface area contributed by atoms with Crippen LogP contribution in [-0.2, 0) is 6.42 Å². The van der Waals surface area contributed by atoms with Crippen LogP contribution in [0.3, 0.4) is 0 Å². The summed E-state index contributed by atoms with van der Waals surface area (Å²) in [6.07, 6.45) is 2.33. The van der Waals surface area contributed by atoms with Gasteiger partial charge in [0.1, 0.15) is 0 Å². The second-order valence-electron chi connectivity index (χ2n) is 5.64. The highest BCUT2D eigenvalue weighted by molar-refractivity contribution is 7.80. The van der Waals surface area contributed by atoms with Gasteiger partial charge in [-0.2, -0.15) is 0 Å². The zero-order valence-electron chi connectivity index (χ0n) is 12.4. The topological polar surface area (TPSA) is 66.4 Å². The van der Waals surface area contributed by atoms with Crippen LogP contribution in [0.1, 0.15) is 26.3 Å². The van der Waals surface area contributed by atoms with Crippen LogP contribution in [0.2, 0.25) is 0 Å². The number of thiocarbonyl (C=S) groups is 1. The predicted molar refractivity (Wildman–Crippen MR) is 84.0 cm³/mol. The Bertz CT molecular complexity index is 446. The van der Waals surface area contributed by atoms with Crippen LogP contribution in [0.25, 0.3) is 0 Å². The predicted octanol–water partition coefficient (Wildman–Crippen LogP) is 1.26. The Morgan fingerprint density at radius 1 is 1.50 bits per heavy atom. The highest BCUT2D eigenvalue weighted by Crippen LogP contribution is 2.10. The molecule has 0 aliphatic rings. The van der Waals surface area contributed by atoms with Crippen molar-refractivity contribution in [3.8, 4) is 5.88 Å². The first kappa shape index (κ1) is 16.7. The number of nitrogens with one attached hydrogen (secondary N) is 2. The number of ether oxygens (including phenoxy) is 1. The average molecular weight is 297 g/mol. The Kier molecular flexibility index (Phi) is 6.16. The molecular weight excluding hydrogens is 274 g/mol. The van der Waals surface area contributed by atoms with Gasteiger partial charge in [-0.1, -0.05) is 0 Å². The molecule has 0 radical (unpaired) electrons. The Morgan fingerprint density at radius 3 is 2.75 bits per heavy atom. The molecule has 1 aromatic heterocycles. The van der Waals surface area contributed by atoms with Gasteiger partial charge in [0.05, 0.1) is 19.8 Å². The molecule has 1 atom stereocenters. The zero-order chi connectivity index (χ0) is 15.2. The Hall–Kier alpha value is -1.40. The minimum absolute atomic E-state index is 0.00337. The fourth-order valence-corrected chi connectivity index (χ4v) is 2.17. The van der Waals surface area contributed by atoms with Crippen molar-refractivity contribution in [2.75, 3.05) is 13.7 Å². The molecule has 0 saturated carbocycles. The van der Waals surface area contributed by atoms with Crippen molar-refractivity contribution in [3.63, 3.8) is 0 Å². The zero-order valence-corrected chi connectivity index (χ0v) is 13.3. The van der Waals surface area contributed by atoms with Gasteiger partial charge in [-0.3, -0.25) is 0 Å². The number of hydrogen-bond acceptors (Lipinski definition) is 4. The van der Waals surface area contributed by atoms with Crippen molar-refractivity contribution < 1.29 is 9.84 Å². The summed E-state index contributed by atoms with van der Waals surface area (Å²) >= 11 is 5.24.